The van der Waals surface area contributed by atoms with Crippen LogP contribution in [0.1, 0.15) is 11.1 Å². The summed E-state index contributed by atoms with van der Waals surface area (Å²) in [5.41, 5.74) is 3.22. The van der Waals surface area contributed by atoms with E-state index in [0.717, 1.165) is 28.3 Å². The van der Waals surface area contributed by atoms with Crippen molar-refractivity contribution in [3.05, 3.63) is 71.8 Å². The molecule has 3 aromatic carbocycles. The summed E-state index contributed by atoms with van der Waals surface area (Å²) in [4.78, 5) is 13.0. The number of hydrogen-bond donors (Lipinski definition) is 1. The van der Waals surface area contributed by atoms with Gasteiger partial charge >= 0.3 is 5.97 Å². The van der Waals surface area contributed by atoms with E-state index in [0.29, 0.717) is 24.0 Å². The predicted octanol–water partition coefficient (Wildman–Crippen LogP) is 3.76. The topological polar surface area (TPSA) is 77.9 Å². The van der Waals surface area contributed by atoms with E-state index in [9.17, 15) is 13.2 Å². The molecule has 154 valence electrons. The zero-order valence-electron chi connectivity index (χ0n) is 16.7. The molecule has 6 nitrogen and oxygen atoms in total. The average Bonchev–Trinajstić information content (AvgIpc) is 3.15. The van der Waals surface area contributed by atoms with Crippen molar-refractivity contribution in [1.29, 1.82) is 0 Å². The second kappa shape index (κ2) is 7.50. The molecule has 0 unspecified atom stereocenters. The fourth-order valence-electron chi connectivity index (χ4n) is 3.91. The minimum absolute atomic E-state index is 0.284. The Labute approximate surface area is 175 Å². The first kappa shape index (κ1) is 20.0. The van der Waals surface area contributed by atoms with Crippen LogP contribution in [0.2, 0.25) is 0 Å². The molecule has 1 heterocycles. The van der Waals surface area contributed by atoms with Gasteiger partial charge in [0, 0.05) is 43.2 Å². The zero-order chi connectivity index (χ0) is 21.5. The van der Waals surface area contributed by atoms with Crippen LogP contribution < -0.4 is 9.21 Å². The largest absolute Gasteiger partial charge is 0.478 e. The monoisotopic (exact) mass is 422 g/mol. The number of anilines is 2. The SMILES string of the molecule is CN(C)c1cccc2c(S(=O)(=O)N3CCc4cc(C=CC(=O)O)ccc43)cccc12. The number of aliphatic carboxylic acids is 1. The summed E-state index contributed by atoms with van der Waals surface area (Å²) < 4.78 is 28.7. The molecule has 3 aromatic rings. The molecule has 0 fully saturated rings. The van der Waals surface area contributed by atoms with Gasteiger partial charge in [0.05, 0.1) is 10.6 Å². The van der Waals surface area contributed by atoms with Crippen LogP contribution in [0.5, 0.6) is 0 Å². The number of hydrogen-bond acceptors (Lipinski definition) is 4. The van der Waals surface area contributed by atoms with Gasteiger partial charge in [-0.25, -0.2) is 13.2 Å². The fraction of sp³-hybridized carbons (Fsp3) is 0.174. The smallest absolute Gasteiger partial charge is 0.328 e. The summed E-state index contributed by atoms with van der Waals surface area (Å²) in [7, 11) is 0.110. The third-order valence-electron chi connectivity index (χ3n) is 5.28. The molecule has 0 radical (unpaired) electrons. The van der Waals surface area contributed by atoms with Crippen LogP contribution in [0.3, 0.4) is 0 Å². The molecule has 1 N–H and O–H groups in total. The van der Waals surface area contributed by atoms with Crippen LogP contribution in [0.15, 0.2) is 65.6 Å². The molecule has 0 amide bonds. The quantitative estimate of drug-likeness (QED) is 0.634. The highest BCUT2D eigenvalue weighted by atomic mass is 32.2. The molecule has 4 rings (SSSR count). The van der Waals surface area contributed by atoms with Gasteiger partial charge in [-0.15, -0.1) is 0 Å². The summed E-state index contributed by atoms with van der Waals surface area (Å²) in [6, 6.07) is 16.4. The van der Waals surface area contributed by atoms with Gasteiger partial charge in [-0.1, -0.05) is 30.3 Å². The first-order chi connectivity index (χ1) is 14.3. The molecule has 0 bridgehead atoms. The van der Waals surface area contributed by atoms with E-state index in [1.807, 2.05) is 49.3 Å². The van der Waals surface area contributed by atoms with Crippen molar-refractivity contribution in [2.45, 2.75) is 11.3 Å². The maximum atomic E-state index is 13.6. The highest BCUT2D eigenvalue weighted by molar-refractivity contribution is 7.93. The van der Waals surface area contributed by atoms with Gasteiger partial charge < -0.3 is 10.0 Å². The third-order valence-corrected chi connectivity index (χ3v) is 7.16. The average molecular weight is 423 g/mol. The number of sulfonamides is 1. The predicted molar refractivity (Wildman–Crippen MR) is 120 cm³/mol. The van der Waals surface area contributed by atoms with E-state index in [1.165, 1.54) is 10.4 Å². The number of fused-ring (bicyclic) bond motifs is 2. The van der Waals surface area contributed by atoms with Gasteiger partial charge in [0.25, 0.3) is 10.0 Å². The Kier molecular flexibility index (Phi) is 4.99. The van der Waals surface area contributed by atoms with E-state index in [4.69, 9.17) is 5.11 Å². The van der Waals surface area contributed by atoms with Crippen LogP contribution in [-0.2, 0) is 21.2 Å². The molecule has 30 heavy (non-hydrogen) atoms. The summed E-state index contributed by atoms with van der Waals surface area (Å²) >= 11 is 0. The summed E-state index contributed by atoms with van der Waals surface area (Å²) in [6.45, 7) is 0.355. The van der Waals surface area contributed by atoms with Crippen molar-refractivity contribution in [2.75, 3.05) is 29.8 Å². The lowest BCUT2D eigenvalue weighted by Gasteiger charge is -2.22. The summed E-state index contributed by atoms with van der Waals surface area (Å²) in [5, 5.41) is 10.4. The second-order valence-corrected chi connectivity index (χ2v) is 9.24. The fourth-order valence-corrected chi connectivity index (χ4v) is 5.62. The highest BCUT2D eigenvalue weighted by Crippen LogP contribution is 2.37. The van der Waals surface area contributed by atoms with Gasteiger partial charge in [-0.05, 0) is 47.9 Å². The van der Waals surface area contributed by atoms with Crippen LogP contribution in [0.4, 0.5) is 11.4 Å². The number of nitrogens with zero attached hydrogens (tertiary/aromatic N) is 2. The van der Waals surface area contributed by atoms with Gasteiger partial charge in [0.15, 0.2) is 0 Å². The maximum Gasteiger partial charge on any atom is 0.328 e. The summed E-state index contributed by atoms with van der Waals surface area (Å²) in [6.07, 6.45) is 3.16. The van der Waals surface area contributed by atoms with Crippen molar-refractivity contribution >= 4 is 44.2 Å². The Balaban J connectivity index is 1.78. The van der Waals surface area contributed by atoms with Crippen molar-refractivity contribution in [2.24, 2.45) is 0 Å². The van der Waals surface area contributed by atoms with E-state index in [1.54, 1.807) is 24.3 Å². The van der Waals surface area contributed by atoms with Crippen LogP contribution in [0, 0.1) is 0 Å². The lowest BCUT2D eigenvalue weighted by Crippen LogP contribution is -2.29. The van der Waals surface area contributed by atoms with Gasteiger partial charge in [0.2, 0.25) is 0 Å². The number of carbonyl (C=O) groups is 1. The number of rotatable bonds is 5. The van der Waals surface area contributed by atoms with E-state index < -0.39 is 16.0 Å². The Morgan fingerprint density at radius 2 is 1.80 bits per heavy atom. The number of benzene rings is 3. The van der Waals surface area contributed by atoms with E-state index in [2.05, 4.69) is 0 Å². The van der Waals surface area contributed by atoms with Gasteiger partial charge in [0.1, 0.15) is 0 Å². The minimum Gasteiger partial charge on any atom is -0.478 e. The van der Waals surface area contributed by atoms with Crippen LogP contribution in [-0.4, -0.2) is 40.1 Å². The Morgan fingerprint density at radius 1 is 1.07 bits per heavy atom. The van der Waals surface area contributed by atoms with E-state index >= 15 is 0 Å². The molecular formula is C23H22N2O4S. The molecule has 1 aliphatic rings. The zero-order valence-corrected chi connectivity index (χ0v) is 17.6. The molecule has 0 atom stereocenters. The molecule has 0 aliphatic carbocycles. The molecule has 0 saturated heterocycles. The first-order valence-corrected chi connectivity index (χ1v) is 11.0. The summed E-state index contributed by atoms with van der Waals surface area (Å²) in [5.74, 6) is -1.02. The second-order valence-electron chi connectivity index (χ2n) is 7.41. The van der Waals surface area contributed by atoms with Gasteiger partial charge in [-0.2, -0.15) is 0 Å². The molecule has 0 aromatic heterocycles. The lowest BCUT2D eigenvalue weighted by atomic mass is 10.1. The first-order valence-electron chi connectivity index (χ1n) is 9.55. The Hall–Kier alpha value is -3.32. The minimum atomic E-state index is -3.76. The molecular weight excluding hydrogens is 400 g/mol. The molecule has 0 spiro atoms. The lowest BCUT2D eigenvalue weighted by molar-refractivity contribution is -0.131. The highest BCUT2D eigenvalue weighted by Gasteiger charge is 2.32. The Morgan fingerprint density at radius 3 is 2.53 bits per heavy atom. The molecule has 1 aliphatic heterocycles. The third kappa shape index (κ3) is 3.41. The van der Waals surface area contributed by atoms with Crippen molar-refractivity contribution < 1.29 is 18.3 Å². The van der Waals surface area contributed by atoms with Crippen LogP contribution in [0.25, 0.3) is 16.8 Å². The molecule has 7 heteroatoms. The Bertz CT molecular complexity index is 1280. The normalized spacial score (nSPS) is 13.7. The van der Waals surface area contributed by atoms with Crippen molar-refractivity contribution in [3.63, 3.8) is 0 Å². The van der Waals surface area contributed by atoms with Crippen LogP contribution >= 0.6 is 0 Å². The maximum absolute atomic E-state index is 13.6. The van der Waals surface area contributed by atoms with Crippen molar-refractivity contribution in [1.82, 2.24) is 0 Å². The number of carboxylic acid groups (broad SMARTS) is 1. The number of carboxylic acids is 1. The van der Waals surface area contributed by atoms with E-state index in [-0.39, 0.29) is 4.90 Å². The van der Waals surface area contributed by atoms with Gasteiger partial charge in [-0.3, -0.25) is 4.31 Å². The van der Waals surface area contributed by atoms with Crippen molar-refractivity contribution in [3.8, 4) is 0 Å². The molecule has 0 saturated carbocycles. The standard InChI is InChI=1S/C23H22N2O4S/c1-24(2)21-7-3-6-19-18(21)5-4-8-22(19)30(28,29)25-14-13-17-15-16(9-11-20(17)25)10-12-23(26)27/h3-12,15H,13-14H2,1-2H3,(H,26,27).